The van der Waals surface area contributed by atoms with Gasteiger partial charge in [-0.25, -0.2) is 0 Å². The molecule has 21 heavy (non-hydrogen) atoms. The van der Waals surface area contributed by atoms with E-state index in [2.05, 4.69) is 15.9 Å². The van der Waals surface area contributed by atoms with Gasteiger partial charge in [0.25, 0.3) is 0 Å². The molecule has 0 unspecified atom stereocenters. The van der Waals surface area contributed by atoms with E-state index in [1.807, 2.05) is 0 Å². The zero-order chi connectivity index (χ0) is 15.5. The molecule has 2 aromatic rings. The fraction of sp³-hybridized carbons (Fsp3) is 0. The maximum absolute atomic E-state index is 6.18. The van der Waals surface area contributed by atoms with E-state index < -0.39 is 0 Å². The van der Waals surface area contributed by atoms with E-state index >= 15 is 0 Å². The Bertz CT molecular complexity index is 793. The van der Waals surface area contributed by atoms with Crippen molar-refractivity contribution in [1.82, 2.24) is 0 Å². The Kier molecular flexibility index (Phi) is 4.39. The summed E-state index contributed by atoms with van der Waals surface area (Å²) in [6.07, 6.45) is 0. The van der Waals surface area contributed by atoms with Gasteiger partial charge in [-0.3, -0.25) is 0 Å². The number of fused-ring (bicyclic) bond motifs is 2. The van der Waals surface area contributed by atoms with Crippen LogP contribution >= 0.6 is 85.5 Å². The van der Waals surface area contributed by atoms with Crippen LogP contribution in [-0.2, 0) is 0 Å². The lowest BCUT2D eigenvalue weighted by Gasteiger charge is -2.24. The monoisotopic (exact) mass is 466 g/mol. The normalized spacial score (nSPS) is 12.3. The summed E-state index contributed by atoms with van der Waals surface area (Å²) in [4.78, 5) is 0. The van der Waals surface area contributed by atoms with Crippen molar-refractivity contribution in [2.75, 3.05) is 0 Å². The molecule has 1 aliphatic rings. The van der Waals surface area contributed by atoms with E-state index in [0.29, 0.717) is 4.47 Å². The summed E-state index contributed by atoms with van der Waals surface area (Å²) in [6.45, 7) is 0. The summed E-state index contributed by atoms with van der Waals surface area (Å²) in [6, 6.07) is 1.47. The Morgan fingerprint density at radius 1 is 0.667 bits per heavy atom. The smallest absolute Gasteiger partial charge is 0.191 e. The molecular weight excluding hydrogens is 469 g/mol. The number of benzene rings is 2. The van der Waals surface area contributed by atoms with Gasteiger partial charge in [-0.2, -0.15) is 0 Å². The third kappa shape index (κ3) is 2.47. The van der Waals surface area contributed by atoms with Crippen molar-refractivity contribution in [3.8, 4) is 23.0 Å². The lowest BCUT2D eigenvalue weighted by molar-refractivity contribution is 0.360. The molecule has 1 aliphatic heterocycles. The number of ether oxygens (including phenoxy) is 2. The summed E-state index contributed by atoms with van der Waals surface area (Å²) in [5.41, 5.74) is 0. The maximum atomic E-state index is 6.18. The van der Waals surface area contributed by atoms with Gasteiger partial charge < -0.3 is 9.47 Å². The van der Waals surface area contributed by atoms with Crippen molar-refractivity contribution in [2.45, 2.75) is 0 Å². The molecule has 0 aliphatic carbocycles. The molecule has 9 heteroatoms. The van der Waals surface area contributed by atoms with Gasteiger partial charge in [0.1, 0.15) is 15.1 Å². The van der Waals surface area contributed by atoms with Crippen molar-refractivity contribution >= 4 is 85.5 Å². The Morgan fingerprint density at radius 2 is 1.24 bits per heavy atom. The van der Waals surface area contributed by atoms with Crippen molar-refractivity contribution in [2.24, 2.45) is 0 Å². The molecule has 0 N–H and O–H groups in total. The molecule has 110 valence electrons. The van der Waals surface area contributed by atoms with Crippen LogP contribution in [0.25, 0.3) is 0 Å². The molecule has 2 aromatic carbocycles. The van der Waals surface area contributed by atoms with Crippen molar-refractivity contribution in [3.63, 3.8) is 0 Å². The molecule has 0 radical (unpaired) electrons. The highest BCUT2D eigenvalue weighted by Gasteiger charge is 2.31. The van der Waals surface area contributed by atoms with Gasteiger partial charge in [-0.05, 0) is 15.9 Å². The molecule has 0 amide bonds. The number of halogens is 7. The van der Waals surface area contributed by atoms with Crippen LogP contribution in [-0.4, -0.2) is 0 Å². The molecule has 0 aromatic heterocycles. The largest absolute Gasteiger partial charge is 0.448 e. The SMILES string of the molecule is Clc1cc2c(c(Cl)c1Cl)Oc1c(Cl)c(Br)c(Cl)c(Cl)c1O2. The van der Waals surface area contributed by atoms with E-state index in [1.54, 1.807) is 0 Å². The van der Waals surface area contributed by atoms with Gasteiger partial charge in [-0.1, -0.05) is 69.6 Å². The molecule has 0 saturated carbocycles. The summed E-state index contributed by atoms with van der Waals surface area (Å²) in [5, 5.41) is 1.04. The average Bonchev–Trinajstić information content (AvgIpc) is 2.47. The van der Waals surface area contributed by atoms with E-state index in [0.717, 1.165) is 0 Å². The highest BCUT2D eigenvalue weighted by Crippen LogP contribution is 2.59. The minimum Gasteiger partial charge on any atom is -0.448 e. The third-order valence-corrected chi connectivity index (χ3v) is 6.37. The second kappa shape index (κ2) is 5.72. The first-order chi connectivity index (χ1) is 9.82. The summed E-state index contributed by atoms with van der Waals surface area (Å²) in [5.74, 6) is 0.826. The Balaban J connectivity index is 2.27. The fourth-order valence-corrected chi connectivity index (χ4v) is 3.49. The highest BCUT2D eigenvalue weighted by molar-refractivity contribution is 9.10. The quantitative estimate of drug-likeness (QED) is 0.244. The summed E-state index contributed by atoms with van der Waals surface area (Å²) >= 11 is 39.7. The standard InChI is InChI=1S/C12HBrCl6O2/c13-4-6(16)9(19)12-11(7(4)17)21-10-3(20-12)1-2(14)5(15)8(10)18/h1H. The molecule has 0 saturated heterocycles. The van der Waals surface area contributed by atoms with Gasteiger partial charge >= 0.3 is 0 Å². The van der Waals surface area contributed by atoms with Crippen molar-refractivity contribution in [1.29, 1.82) is 0 Å². The molecule has 0 spiro atoms. The van der Waals surface area contributed by atoms with Crippen molar-refractivity contribution in [3.05, 3.63) is 40.7 Å². The first-order valence-corrected chi connectivity index (χ1v) is 8.28. The number of rotatable bonds is 0. The fourth-order valence-electron chi connectivity index (χ4n) is 1.71. The second-order valence-electron chi connectivity index (χ2n) is 3.93. The van der Waals surface area contributed by atoms with Gasteiger partial charge in [0.15, 0.2) is 23.0 Å². The zero-order valence-electron chi connectivity index (χ0n) is 9.54. The predicted octanol–water partition coefficient (Wildman–Crippen LogP) is 8.27. The number of hydrogen-bond donors (Lipinski definition) is 0. The van der Waals surface area contributed by atoms with Crippen LogP contribution < -0.4 is 9.47 Å². The summed E-state index contributed by atoms with van der Waals surface area (Å²) in [7, 11) is 0. The van der Waals surface area contributed by atoms with E-state index in [4.69, 9.17) is 79.1 Å². The van der Waals surface area contributed by atoms with E-state index in [1.165, 1.54) is 6.07 Å². The average molecular weight is 470 g/mol. The zero-order valence-corrected chi connectivity index (χ0v) is 15.7. The van der Waals surface area contributed by atoms with Gasteiger partial charge in [0.05, 0.1) is 19.5 Å². The maximum Gasteiger partial charge on any atom is 0.191 e. The molecule has 2 nitrogen and oxygen atoms in total. The molecule has 3 rings (SSSR count). The van der Waals surface area contributed by atoms with Crippen LogP contribution in [0.3, 0.4) is 0 Å². The van der Waals surface area contributed by atoms with Crippen LogP contribution in [0.1, 0.15) is 0 Å². The minimum atomic E-state index is 0.114. The van der Waals surface area contributed by atoms with Gasteiger partial charge in [-0.15, -0.1) is 0 Å². The number of hydrogen-bond acceptors (Lipinski definition) is 2. The van der Waals surface area contributed by atoms with Crippen molar-refractivity contribution < 1.29 is 9.47 Å². The van der Waals surface area contributed by atoms with Crippen LogP contribution in [0.2, 0.25) is 30.1 Å². The lowest BCUT2D eigenvalue weighted by atomic mass is 10.2. The second-order valence-corrected chi connectivity index (χ2v) is 7.02. The first-order valence-electron chi connectivity index (χ1n) is 5.22. The third-order valence-electron chi connectivity index (χ3n) is 2.68. The Morgan fingerprint density at radius 3 is 1.90 bits per heavy atom. The molecular formula is C12HBrCl6O2. The summed E-state index contributed by atoms with van der Waals surface area (Å²) < 4.78 is 11.7. The first kappa shape index (κ1) is 16.1. The van der Waals surface area contributed by atoms with Crippen LogP contribution in [0.4, 0.5) is 0 Å². The van der Waals surface area contributed by atoms with Crippen LogP contribution in [0, 0.1) is 0 Å². The Hall–Kier alpha value is 0.260. The van der Waals surface area contributed by atoms with Crippen LogP contribution in [0.5, 0.6) is 23.0 Å². The lowest BCUT2D eigenvalue weighted by Crippen LogP contribution is -2.02. The Labute approximate surface area is 157 Å². The van der Waals surface area contributed by atoms with E-state index in [9.17, 15) is 0 Å². The van der Waals surface area contributed by atoms with E-state index in [-0.39, 0.29) is 53.1 Å². The molecule has 0 fully saturated rings. The van der Waals surface area contributed by atoms with Gasteiger partial charge in [0, 0.05) is 6.07 Å². The van der Waals surface area contributed by atoms with Crippen LogP contribution in [0.15, 0.2) is 10.5 Å². The molecule has 0 bridgehead atoms. The predicted molar refractivity (Wildman–Crippen MR) is 90.8 cm³/mol. The molecule has 1 heterocycles. The topological polar surface area (TPSA) is 18.5 Å². The highest BCUT2D eigenvalue weighted by atomic mass is 79.9. The minimum absolute atomic E-state index is 0.114. The van der Waals surface area contributed by atoms with Gasteiger partial charge in [0.2, 0.25) is 0 Å². The molecule has 0 atom stereocenters.